The monoisotopic (exact) mass is 240 g/mol. The third-order valence-corrected chi connectivity index (χ3v) is 3.30. The van der Waals surface area contributed by atoms with Crippen molar-refractivity contribution in [3.63, 3.8) is 0 Å². The highest BCUT2D eigenvalue weighted by molar-refractivity contribution is 5.78. The number of carbonyl (C=O) groups is 2. The zero-order chi connectivity index (χ0) is 12.5. The lowest BCUT2D eigenvalue weighted by atomic mass is 9.99. The van der Waals surface area contributed by atoms with Gasteiger partial charge in [-0.3, -0.25) is 9.59 Å². The second-order valence-corrected chi connectivity index (χ2v) is 4.97. The summed E-state index contributed by atoms with van der Waals surface area (Å²) in [5, 5.41) is 0. The van der Waals surface area contributed by atoms with Gasteiger partial charge in [0.25, 0.3) is 0 Å². The molecule has 0 aromatic rings. The van der Waals surface area contributed by atoms with Gasteiger partial charge in [0, 0.05) is 19.8 Å². The van der Waals surface area contributed by atoms with E-state index in [4.69, 9.17) is 4.74 Å². The number of esters is 1. The van der Waals surface area contributed by atoms with E-state index < -0.39 is 0 Å². The van der Waals surface area contributed by atoms with Crippen LogP contribution in [0.25, 0.3) is 0 Å². The molecule has 0 N–H and O–H groups in total. The third kappa shape index (κ3) is 7.14. The maximum Gasteiger partial charge on any atom is 0.302 e. The quantitative estimate of drug-likeness (QED) is 0.660. The van der Waals surface area contributed by atoms with Gasteiger partial charge in [-0.15, -0.1) is 0 Å². The second kappa shape index (κ2) is 8.26. The van der Waals surface area contributed by atoms with E-state index in [9.17, 15) is 9.59 Å². The van der Waals surface area contributed by atoms with Crippen molar-refractivity contribution in [2.45, 2.75) is 77.2 Å². The van der Waals surface area contributed by atoms with Crippen LogP contribution in [0.3, 0.4) is 0 Å². The molecule has 0 amide bonds. The van der Waals surface area contributed by atoms with Gasteiger partial charge in [0.1, 0.15) is 11.9 Å². The number of rotatable bonds is 1. The van der Waals surface area contributed by atoms with Crippen LogP contribution in [0.5, 0.6) is 0 Å². The Morgan fingerprint density at radius 1 is 1.00 bits per heavy atom. The first-order valence-corrected chi connectivity index (χ1v) is 6.87. The Bertz CT molecular complexity index is 232. The normalized spacial score (nSPS) is 21.4. The van der Waals surface area contributed by atoms with Gasteiger partial charge in [-0.1, -0.05) is 12.8 Å². The molecule has 1 aliphatic carbocycles. The summed E-state index contributed by atoms with van der Waals surface area (Å²) in [6, 6.07) is 0. The number of Topliss-reactive ketones (excluding diaryl/α,β-unsaturated/α-hetero) is 1. The fourth-order valence-corrected chi connectivity index (χ4v) is 2.36. The molecule has 0 heterocycles. The molecule has 1 aliphatic rings. The molecule has 3 heteroatoms. The van der Waals surface area contributed by atoms with E-state index >= 15 is 0 Å². The molecule has 0 spiro atoms. The van der Waals surface area contributed by atoms with Gasteiger partial charge in [0.15, 0.2) is 0 Å². The molecular formula is C14H24O3. The van der Waals surface area contributed by atoms with Gasteiger partial charge in [-0.25, -0.2) is 0 Å². The highest BCUT2D eigenvalue weighted by Gasteiger charge is 2.13. The van der Waals surface area contributed by atoms with Crippen LogP contribution in [0, 0.1) is 0 Å². The summed E-state index contributed by atoms with van der Waals surface area (Å²) in [4.78, 5) is 22.4. The van der Waals surface area contributed by atoms with Crippen LogP contribution in [0.2, 0.25) is 0 Å². The minimum Gasteiger partial charge on any atom is -0.463 e. The molecular weight excluding hydrogens is 216 g/mol. The molecule has 0 aliphatic heterocycles. The number of hydrogen-bond acceptors (Lipinski definition) is 3. The summed E-state index contributed by atoms with van der Waals surface area (Å²) in [6.07, 6.45) is 9.72. The first-order valence-electron chi connectivity index (χ1n) is 6.87. The molecule has 0 unspecified atom stereocenters. The highest BCUT2D eigenvalue weighted by atomic mass is 16.5. The average Bonchev–Trinajstić information content (AvgIpc) is 2.25. The Balaban J connectivity index is 2.34. The van der Waals surface area contributed by atoms with Crippen molar-refractivity contribution in [2.24, 2.45) is 0 Å². The topological polar surface area (TPSA) is 43.4 Å². The molecule has 0 saturated heterocycles. The summed E-state index contributed by atoms with van der Waals surface area (Å²) in [5.41, 5.74) is 0. The summed E-state index contributed by atoms with van der Waals surface area (Å²) in [7, 11) is 0. The van der Waals surface area contributed by atoms with Crippen LogP contribution in [0.15, 0.2) is 0 Å². The van der Waals surface area contributed by atoms with Crippen LogP contribution in [-0.2, 0) is 14.3 Å². The second-order valence-electron chi connectivity index (χ2n) is 4.97. The Labute approximate surface area is 104 Å². The maximum absolute atomic E-state index is 11.4. The van der Waals surface area contributed by atoms with E-state index in [2.05, 4.69) is 0 Å². The molecule has 17 heavy (non-hydrogen) atoms. The fraction of sp³-hybridized carbons (Fsp3) is 0.857. The predicted molar refractivity (Wildman–Crippen MR) is 66.7 cm³/mol. The Morgan fingerprint density at radius 3 is 2.00 bits per heavy atom. The lowest BCUT2D eigenvalue weighted by molar-refractivity contribution is -0.147. The van der Waals surface area contributed by atoms with Crippen LogP contribution in [0.1, 0.15) is 71.1 Å². The van der Waals surface area contributed by atoms with E-state index in [0.717, 1.165) is 64.2 Å². The third-order valence-electron chi connectivity index (χ3n) is 3.30. The smallest absolute Gasteiger partial charge is 0.302 e. The fourth-order valence-electron chi connectivity index (χ4n) is 2.36. The van der Waals surface area contributed by atoms with E-state index in [1.807, 2.05) is 0 Å². The van der Waals surface area contributed by atoms with E-state index in [-0.39, 0.29) is 12.1 Å². The molecule has 0 radical (unpaired) electrons. The van der Waals surface area contributed by atoms with E-state index in [1.165, 1.54) is 6.92 Å². The van der Waals surface area contributed by atoms with Gasteiger partial charge in [-0.2, -0.15) is 0 Å². The molecule has 0 atom stereocenters. The molecule has 0 aromatic heterocycles. The van der Waals surface area contributed by atoms with Crippen LogP contribution < -0.4 is 0 Å². The lowest BCUT2D eigenvalue weighted by Gasteiger charge is -2.17. The number of ketones is 1. The van der Waals surface area contributed by atoms with Crippen molar-refractivity contribution < 1.29 is 14.3 Å². The van der Waals surface area contributed by atoms with Crippen molar-refractivity contribution in [2.75, 3.05) is 0 Å². The maximum atomic E-state index is 11.4. The summed E-state index contributed by atoms with van der Waals surface area (Å²) < 4.78 is 5.31. The van der Waals surface area contributed by atoms with Crippen LogP contribution in [0.4, 0.5) is 0 Å². The number of carbonyl (C=O) groups excluding carboxylic acids is 2. The van der Waals surface area contributed by atoms with Gasteiger partial charge in [0.2, 0.25) is 0 Å². The molecule has 1 fully saturated rings. The average molecular weight is 240 g/mol. The SMILES string of the molecule is CC(=O)OC1CCCCCC(=O)CCCCC1. The lowest BCUT2D eigenvalue weighted by Crippen LogP contribution is -2.16. The molecule has 1 saturated carbocycles. The molecule has 0 bridgehead atoms. The first kappa shape index (κ1) is 14.2. The Morgan fingerprint density at radius 2 is 1.53 bits per heavy atom. The Hall–Kier alpha value is -0.860. The number of ether oxygens (including phenoxy) is 1. The molecule has 98 valence electrons. The summed E-state index contributed by atoms with van der Waals surface area (Å²) in [6.45, 7) is 1.48. The minimum absolute atomic E-state index is 0.0997. The molecule has 3 nitrogen and oxygen atoms in total. The van der Waals surface area contributed by atoms with Gasteiger partial charge < -0.3 is 4.74 Å². The number of hydrogen-bond donors (Lipinski definition) is 0. The van der Waals surface area contributed by atoms with Gasteiger partial charge in [-0.05, 0) is 38.5 Å². The standard InChI is InChI=1S/C14H24O3/c1-12(15)17-14-10-6-2-4-8-13(16)9-5-3-7-11-14/h14H,2-11H2,1H3. The molecule has 1 rings (SSSR count). The van der Waals surface area contributed by atoms with E-state index in [0.29, 0.717) is 5.78 Å². The van der Waals surface area contributed by atoms with Crippen molar-refractivity contribution in [1.82, 2.24) is 0 Å². The van der Waals surface area contributed by atoms with Gasteiger partial charge in [0.05, 0.1) is 0 Å². The predicted octanol–water partition coefficient (Wildman–Crippen LogP) is 3.40. The largest absolute Gasteiger partial charge is 0.463 e. The van der Waals surface area contributed by atoms with Crippen molar-refractivity contribution in [1.29, 1.82) is 0 Å². The van der Waals surface area contributed by atoms with Crippen molar-refractivity contribution in [3.8, 4) is 0 Å². The van der Waals surface area contributed by atoms with Crippen molar-refractivity contribution in [3.05, 3.63) is 0 Å². The minimum atomic E-state index is -0.169. The summed E-state index contributed by atoms with van der Waals surface area (Å²) >= 11 is 0. The van der Waals surface area contributed by atoms with Crippen molar-refractivity contribution >= 4 is 11.8 Å². The Kier molecular flexibility index (Phi) is 6.90. The van der Waals surface area contributed by atoms with Gasteiger partial charge >= 0.3 is 5.97 Å². The zero-order valence-electron chi connectivity index (χ0n) is 10.9. The zero-order valence-corrected chi connectivity index (χ0v) is 10.9. The van der Waals surface area contributed by atoms with Crippen LogP contribution in [-0.4, -0.2) is 17.9 Å². The van der Waals surface area contributed by atoms with Crippen LogP contribution >= 0.6 is 0 Å². The highest BCUT2D eigenvalue weighted by Crippen LogP contribution is 2.17. The first-order chi connectivity index (χ1) is 8.18. The van der Waals surface area contributed by atoms with E-state index in [1.54, 1.807) is 0 Å². The summed E-state index contributed by atoms with van der Waals surface area (Å²) in [5.74, 6) is 0.249. The molecule has 0 aromatic carbocycles.